The standard InChI is InChI=1S/C21H29N7O/c1-13(2)18-12-24-28-19(18)26-20(25-16-6-8-17(29)9-7-16)27-21(28)23-11-14-4-3-5-15(22)10-14/h3-5,10,12-13,16-17,29H,6-9,11,22H2,1-2H3,(H2,23,25,26,27). The van der Waals surface area contributed by atoms with E-state index < -0.39 is 0 Å². The number of aliphatic hydroxyl groups is 1. The second-order valence-electron chi connectivity index (χ2n) is 8.11. The van der Waals surface area contributed by atoms with Crippen LogP contribution in [0.25, 0.3) is 5.65 Å². The minimum Gasteiger partial charge on any atom is -0.399 e. The molecule has 0 unspecified atom stereocenters. The van der Waals surface area contributed by atoms with Gasteiger partial charge in [-0.2, -0.15) is 19.6 Å². The Kier molecular flexibility index (Phi) is 5.53. The highest BCUT2D eigenvalue weighted by molar-refractivity contribution is 5.56. The van der Waals surface area contributed by atoms with Gasteiger partial charge in [-0.25, -0.2) is 0 Å². The fourth-order valence-electron chi connectivity index (χ4n) is 3.77. The van der Waals surface area contributed by atoms with Gasteiger partial charge in [-0.15, -0.1) is 0 Å². The summed E-state index contributed by atoms with van der Waals surface area (Å²) in [5, 5.41) is 21.1. The molecule has 8 nitrogen and oxygen atoms in total. The van der Waals surface area contributed by atoms with E-state index in [1.165, 1.54) is 0 Å². The first kappa shape index (κ1) is 19.4. The van der Waals surface area contributed by atoms with Crippen molar-refractivity contribution in [3.8, 4) is 0 Å². The molecule has 3 aromatic rings. The lowest BCUT2D eigenvalue weighted by Gasteiger charge is -2.26. The predicted octanol–water partition coefficient (Wildman–Crippen LogP) is 3.16. The molecular weight excluding hydrogens is 366 g/mol. The molecule has 0 saturated heterocycles. The van der Waals surface area contributed by atoms with Gasteiger partial charge in [0.2, 0.25) is 11.9 Å². The Balaban J connectivity index is 1.62. The highest BCUT2D eigenvalue weighted by Gasteiger charge is 2.21. The molecule has 2 heterocycles. The molecule has 1 saturated carbocycles. The second-order valence-corrected chi connectivity index (χ2v) is 8.11. The fourth-order valence-corrected chi connectivity index (χ4v) is 3.77. The number of hydrogen-bond donors (Lipinski definition) is 4. The third-order valence-corrected chi connectivity index (χ3v) is 5.45. The Morgan fingerprint density at radius 1 is 1.21 bits per heavy atom. The maximum Gasteiger partial charge on any atom is 0.229 e. The van der Waals surface area contributed by atoms with E-state index in [9.17, 15) is 5.11 Å². The van der Waals surface area contributed by atoms with Gasteiger partial charge in [0.15, 0.2) is 5.65 Å². The maximum atomic E-state index is 9.76. The topological polar surface area (TPSA) is 113 Å². The van der Waals surface area contributed by atoms with Crippen molar-refractivity contribution in [3.05, 3.63) is 41.6 Å². The van der Waals surface area contributed by atoms with Crippen LogP contribution < -0.4 is 16.4 Å². The quantitative estimate of drug-likeness (QED) is 0.474. The van der Waals surface area contributed by atoms with Crippen LogP contribution in [0.2, 0.25) is 0 Å². The molecule has 1 aliphatic rings. The summed E-state index contributed by atoms with van der Waals surface area (Å²) in [6, 6.07) is 8.06. The van der Waals surface area contributed by atoms with E-state index in [1.807, 2.05) is 30.5 Å². The number of aliphatic hydroxyl groups excluding tert-OH is 1. The summed E-state index contributed by atoms with van der Waals surface area (Å²) in [7, 11) is 0. The number of nitrogens with two attached hydrogens (primary N) is 1. The molecule has 8 heteroatoms. The highest BCUT2D eigenvalue weighted by atomic mass is 16.3. The van der Waals surface area contributed by atoms with Gasteiger partial charge in [0.1, 0.15) is 0 Å². The predicted molar refractivity (Wildman–Crippen MR) is 115 cm³/mol. The van der Waals surface area contributed by atoms with Crippen LogP contribution in [-0.4, -0.2) is 36.8 Å². The lowest BCUT2D eigenvalue weighted by atomic mass is 9.93. The summed E-state index contributed by atoms with van der Waals surface area (Å²) in [6.45, 7) is 4.85. The van der Waals surface area contributed by atoms with E-state index in [1.54, 1.807) is 4.52 Å². The summed E-state index contributed by atoms with van der Waals surface area (Å²) >= 11 is 0. The van der Waals surface area contributed by atoms with Crippen LogP contribution in [0.4, 0.5) is 17.6 Å². The summed E-state index contributed by atoms with van der Waals surface area (Å²) < 4.78 is 1.76. The zero-order valence-corrected chi connectivity index (χ0v) is 17.0. The van der Waals surface area contributed by atoms with E-state index in [-0.39, 0.29) is 12.1 Å². The van der Waals surface area contributed by atoms with Gasteiger partial charge in [0, 0.05) is 23.8 Å². The van der Waals surface area contributed by atoms with Gasteiger partial charge in [0.05, 0.1) is 12.3 Å². The number of nitrogens with one attached hydrogen (secondary N) is 2. The summed E-state index contributed by atoms with van der Waals surface area (Å²) in [5.74, 6) is 1.54. The highest BCUT2D eigenvalue weighted by Crippen LogP contribution is 2.25. The van der Waals surface area contributed by atoms with E-state index in [0.717, 1.165) is 48.1 Å². The van der Waals surface area contributed by atoms with Crippen molar-refractivity contribution in [1.82, 2.24) is 19.6 Å². The number of benzene rings is 1. The molecule has 154 valence electrons. The smallest absolute Gasteiger partial charge is 0.229 e. The number of aromatic nitrogens is 4. The zero-order chi connectivity index (χ0) is 20.4. The van der Waals surface area contributed by atoms with Crippen LogP contribution in [0.5, 0.6) is 0 Å². The zero-order valence-electron chi connectivity index (χ0n) is 17.0. The maximum absolute atomic E-state index is 9.76. The largest absolute Gasteiger partial charge is 0.399 e. The van der Waals surface area contributed by atoms with Gasteiger partial charge >= 0.3 is 0 Å². The van der Waals surface area contributed by atoms with Crippen molar-refractivity contribution in [2.24, 2.45) is 0 Å². The molecule has 0 spiro atoms. The Morgan fingerprint density at radius 2 is 2.00 bits per heavy atom. The summed E-state index contributed by atoms with van der Waals surface area (Å²) in [4.78, 5) is 9.45. The van der Waals surface area contributed by atoms with E-state index in [0.29, 0.717) is 24.4 Å². The first-order valence-corrected chi connectivity index (χ1v) is 10.3. The molecule has 29 heavy (non-hydrogen) atoms. The monoisotopic (exact) mass is 395 g/mol. The minimum atomic E-state index is -0.186. The van der Waals surface area contributed by atoms with E-state index in [4.69, 9.17) is 15.7 Å². The first-order chi connectivity index (χ1) is 14.0. The Morgan fingerprint density at radius 3 is 2.72 bits per heavy atom. The van der Waals surface area contributed by atoms with Gasteiger partial charge < -0.3 is 21.5 Å². The molecule has 0 amide bonds. The second kappa shape index (κ2) is 8.24. The lowest BCUT2D eigenvalue weighted by Crippen LogP contribution is -2.29. The number of nitrogen functional groups attached to an aromatic ring is 1. The first-order valence-electron chi connectivity index (χ1n) is 10.3. The molecule has 1 aromatic carbocycles. The number of rotatable bonds is 6. The fraction of sp³-hybridized carbons (Fsp3) is 0.476. The number of fused-ring (bicyclic) bond motifs is 1. The number of hydrogen-bond acceptors (Lipinski definition) is 7. The van der Waals surface area contributed by atoms with Crippen LogP contribution in [0.1, 0.15) is 56.6 Å². The third kappa shape index (κ3) is 4.42. The van der Waals surface area contributed by atoms with Gasteiger partial charge in [-0.05, 0) is 49.3 Å². The Bertz CT molecular complexity index is 976. The molecule has 4 rings (SSSR count). The molecule has 0 bridgehead atoms. The molecule has 0 aliphatic heterocycles. The average molecular weight is 396 g/mol. The normalized spacial score (nSPS) is 19.6. The molecule has 2 aromatic heterocycles. The van der Waals surface area contributed by atoms with Crippen LogP contribution in [0.3, 0.4) is 0 Å². The van der Waals surface area contributed by atoms with Gasteiger partial charge in [-0.1, -0.05) is 26.0 Å². The molecule has 1 aliphatic carbocycles. The van der Waals surface area contributed by atoms with E-state index >= 15 is 0 Å². The summed E-state index contributed by atoms with van der Waals surface area (Å²) in [5.41, 5.74) is 9.60. The average Bonchev–Trinajstić information content (AvgIpc) is 3.12. The molecule has 5 N–H and O–H groups in total. The number of anilines is 3. The van der Waals surface area contributed by atoms with Crippen molar-refractivity contribution in [1.29, 1.82) is 0 Å². The Hall–Kier alpha value is -2.87. The van der Waals surface area contributed by atoms with Crippen molar-refractivity contribution < 1.29 is 5.11 Å². The number of nitrogens with zero attached hydrogens (tertiary/aromatic N) is 4. The van der Waals surface area contributed by atoms with Crippen molar-refractivity contribution >= 4 is 23.2 Å². The van der Waals surface area contributed by atoms with Crippen LogP contribution >= 0.6 is 0 Å². The van der Waals surface area contributed by atoms with Crippen LogP contribution in [-0.2, 0) is 6.54 Å². The van der Waals surface area contributed by atoms with Crippen LogP contribution in [0, 0.1) is 0 Å². The van der Waals surface area contributed by atoms with Gasteiger partial charge in [0.25, 0.3) is 0 Å². The van der Waals surface area contributed by atoms with Crippen LogP contribution in [0.15, 0.2) is 30.5 Å². The van der Waals surface area contributed by atoms with Crippen molar-refractivity contribution in [2.45, 2.75) is 64.1 Å². The Labute approximate surface area is 170 Å². The van der Waals surface area contributed by atoms with Crippen molar-refractivity contribution in [2.75, 3.05) is 16.4 Å². The molecule has 0 radical (unpaired) electrons. The molecular formula is C21H29N7O. The van der Waals surface area contributed by atoms with Crippen molar-refractivity contribution in [3.63, 3.8) is 0 Å². The molecule has 1 fully saturated rings. The van der Waals surface area contributed by atoms with E-state index in [2.05, 4.69) is 29.6 Å². The van der Waals surface area contributed by atoms with Gasteiger partial charge in [-0.3, -0.25) is 0 Å². The molecule has 0 atom stereocenters. The minimum absolute atomic E-state index is 0.186. The summed E-state index contributed by atoms with van der Waals surface area (Å²) in [6.07, 6.45) is 5.13. The third-order valence-electron chi connectivity index (χ3n) is 5.45. The SMILES string of the molecule is CC(C)c1cnn2c(NCc3cccc(N)c3)nc(NC3CCC(O)CC3)nc12. The lowest BCUT2D eigenvalue weighted by molar-refractivity contribution is 0.126.